The summed E-state index contributed by atoms with van der Waals surface area (Å²) in [7, 11) is 0. The Kier molecular flexibility index (Phi) is 4.20. The second-order valence-corrected chi connectivity index (χ2v) is 4.24. The maximum atomic E-state index is 12.0. The molecule has 19 heavy (non-hydrogen) atoms. The van der Waals surface area contributed by atoms with Gasteiger partial charge in [-0.05, 0) is 24.6 Å². The Morgan fingerprint density at radius 1 is 1.32 bits per heavy atom. The third-order valence-corrected chi connectivity index (χ3v) is 2.69. The highest BCUT2D eigenvalue weighted by Gasteiger charge is 2.06. The van der Waals surface area contributed by atoms with Crippen LogP contribution in [0.3, 0.4) is 0 Å². The summed E-state index contributed by atoms with van der Waals surface area (Å²) in [5.74, 6) is -0.141. The normalized spacial score (nSPS) is 10.2. The van der Waals surface area contributed by atoms with Crippen LogP contribution in [0.4, 0.5) is 0 Å². The van der Waals surface area contributed by atoms with Crippen molar-refractivity contribution in [1.82, 2.24) is 15.3 Å². The Morgan fingerprint density at radius 3 is 2.84 bits per heavy atom. The summed E-state index contributed by atoms with van der Waals surface area (Å²) >= 11 is 0. The van der Waals surface area contributed by atoms with E-state index in [-0.39, 0.29) is 5.91 Å². The summed E-state index contributed by atoms with van der Waals surface area (Å²) in [4.78, 5) is 20.3. The number of rotatable bonds is 4. The van der Waals surface area contributed by atoms with Gasteiger partial charge in [0.15, 0.2) is 0 Å². The fourth-order valence-corrected chi connectivity index (χ4v) is 1.62. The zero-order valence-corrected chi connectivity index (χ0v) is 10.8. The minimum absolute atomic E-state index is 0.141. The standard InChI is InChI=1S/C14H16N4O/c1-10-7-17-13(8-16-10)9-18-14(19)12-4-2-3-11(5-12)6-15/h2-5,7-8H,6,9,15H2,1H3,(H,18,19). The van der Waals surface area contributed by atoms with Crippen molar-refractivity contribution in [3.05, 3.63) is 59.2 Å². The molecule has 0 fully saturated rings. The summed E-state index contributed by atoms with van der Waals surface area (Å²) < 4.78 is 0. The summed E-state index contributed by atoms with van der Waals surface area (Å²) in [6.07, 6.45) is 3.34. The Morgan fingerprint density at radius 2 is 2.16 bits per heavy atom. The van der Waals surface area contributed by atoms with Gasteiger partial charge < -0.3 is 11.1 Å². The highest BCUT2D eigenvalue weighted by atomic mass is 16.1. The largest absolute Gasteiger partial charge is 0.346 e. The highest BCUT2D eigenvalue weighted by molar-refractivity contribution is 5.94. The van der Waals surface area contributed by atoms with E-state index in [1.165, 1.54) is 0 Å². The number of amides is 1. The van der Waals surface area contributed by atoms with E-state index in [2.05, 4.69) is 15.3 Å². The molecule has 0 aliphatic rings. The van der Waals surface area contributed by atoms with Crippen molar-refractivity contribution in [2.24, 2.45) is 5.73 Å². The van der Waals surface area contributed by atoms with Crippen molar-refractivity contribution in [3.63, 3.8) is 0 Å². The summed E-state index contributed by atoms with van der Waals surface area (Å²) in [6.45, 7) is 2.65. The molecule has 0 spiro atoms. The molecule has 0 atom stereocenters. The molecule has 0 radical (unpaired) electrons. The molecule has 2 rings (SSSR count). The van der Waals surface area contributed by atoms with Gasteiger partial charge in [-0.2, -0.15) is 0 Å². The summed E-state index contributed by atoms with van der Waals surface area (Å²) in [5, 5.41) is 2.80. The average Bonchev–Trinajstić information content (AvgIpc) is 2.46. The van der Waals surface area contributed by atoms with Gasteiger partial charge in [0.25, 0.3) is 5.91 Å². The molecule has 1 aromatic carbocycles. The first-order chi connectivity index (χ1) is 9.19. The molecule has 2 aromatic rings. The van der Waals surface area contributed by atoms with Crippen LogP contribution in [0.5, 0.6) is 0 Å². The van der Waals surface area contributed by atoms with Gasteiger partial charge >= 0.3 is 0 Å². The number of hydrogen-bond donors (Lipinski definition) is 2. The fraction of sp³-hybridized carbons (Fsp3) is 0.214. The smallest absolute Gasteiger partial charge is 0.251 e. The number of nitrogens with zero attached hydrogens (tertiary/aromatic N) is 2. The Labute approximate surface area is 111 Å². The van der Waals surface area contributed by atoms with Crippen LogP contribution >= 0.6 is 0 Å². The maximum Gasteiger partial charge on any atom is 0.251 e. The van der Waals surface area contributed by atoms with Crippen molar-refractivity contribution in [2.45, 2.75) is 20.0 Å². The molecular formula is C14H16N4O. The third-order valence-electron chi connectivity index (χ3n) is 2.69. The lowest BCUT2D eigenvalue weighted by molar-refractivity contribution is 0.0950. The molecule has 5 heteroatoms. The highest BCUT2D eigenvalue weighted by Crippen LogP contribution is 2.05. The van der Waals surface area contributed by atoms with E-state index in [1.54, 1.807) is 24.5 Å². The fourth-order valence-electron chi connectivity index (χ4n) is 1.62. The zero-order chi connectivity index (χ0) is 13.7. The van der Waals surface area contributed by atoms with Gasteiger partial charge in [0.05, 0.1) is 24.1 Å². The minimum Gasteiger partial charge on any atom is -0.346 e. The molecule has 98 valence electrons. The molecule has 0 saturated carbocycles. The zero-order valence-electron chi connectivity index (χ0n) is 10.8. The van der Waals surface area contributed by atoms with Gasteiger partial charge in [-0.1, -0.05) is 12.1 Å². The molecule has 0 aliphatic heterocycles. The van der Waals surface area contributed by atoms with Crippen LogP contribution in [0.1, 0.15) is 27.3 Å². The van der Waals surface area contributed by atoms with Crippen molar-refractivity contribution in [1.29, 1.82) is 0 Å². The third kappa shape index (κ3) is 3.59. The van der Waals surface area contributed by atoms with Crippen LogP contribution < -0.4 is 11.1 Å². The number of hydrogen-bond acceptors (Lipinski definition) is 4. The minimum atomic E-state index is -0.141. The molecular weight excluding hydrogens is 240 g/mol. The van der Waals surface area contributed by atoms with Crippen molar-refractivity contribution in [3.8, 4) is 0 Å². The van der Waals surface area contributed by atoms with Crippen molar-refractivity contribution >= 4 is 5.91 Å². The van der Waals surface area contributed by atoms with Crippen molar-refractivity contribution in [2.75, 3.05) is 0 Å². The Hall–Kier alpha value is -2.27. The maximum absolute atomic E-state index is 12.0. The van der Waals surface area contributed by atoms with E-state index in [1.807, 2.05) is 19.1 Å². The van der Waals surface area contributed by atoms with Gasteiger partial charge in [0, 0.05) is 18.3 Å². The number of benzene rings is 1. The van der Waals surface area contributed by atoms with Gasteiger partial charge in [-0.3, -0.25) is 14.8 Å². The Balaban J connectivity index is 1.99. The molecule has 1 heterocycles. The first kappa shape index (κ1) is 13.2. The van der Waals surface area contributed by atoms with Crippen LogP contribution in [-0.2, 0) is 13.1 Å². The molecule has 0 bridgehead atoms. The molecule has 0 saturated heterocycles. The average molecular weight is 256 g/mol. The quantitative estimate of drug-likeness (QED) is 0.860. The van der Waals surface area contributed by atoms with Crippen LogP contribution in [0.25, 0.3) is 0 Å². The van der Waals surface area contributed by atoms with Crippen molar-refractivity contribution < 1.29 is 4.79 Å². The summed E-state index contributed by atoms with van der Waals surface area (Å²) in [6, 6.07) is 7.26. The molecule has 0 unspecified atom stereocenters. The SMILES string of the molecule is Cc1cnc(CNC(=O)c2cccc(CN)c2)cn1. The first-order valence-corrected chi connectivity index (χ1v) is 6.04. The number of nitrogens with one attached hydrogen (secondary N) is 1. The topological polar surface area (TPSA) is 80.9 Å². The lowest BCUT2D eigenvalue weighted by atomic mass is 10.1. The van der Waals surface area contributed by atoms with Gasteiger partial charge in [0.2, 0.25) is 0 Å². The van der Waals surface area contributed by atoms with E-state index < -0.39 is 0 Å². The number of carbonyl (C=O) groups excluding carboxylic acids is 1. The van der Waals surface area contributed by atoms with E-state index in [9.17, 15) is 4.79 Å². The van der Waals surface area contributed by atoms with Crippen LogP contribution in [0.2, 0.25) is 0 Å². The number of aromatic nitrogens is 2. The number of nitrogens with two attached hydrogens (primary N) is 1. The van der Waals surface area contributed by atoms with Crippen LogP contribution in [0.15, 0.2) is 36.7 Å². The lowest BCUT2D eigenvalue weighted by Crippen LogP contribution is -2.23. The molecule has 3 N–H and O–H groups in total. The van der Waals surface area contributed by atoms with E-state index in [0.717, 1.165) is 17.0 Å². The first-order valence-electron chi connectivity index (χ1n) is 6.04. The van der Waals surface area contributed by atoms with E-state index in [0.29, 0.717) is 18.7 Å². The predicted octanol–water partition coefficient (Wildman–Crippen LogP) is 1.17. The molecule has 1 aromatic heterocycles. The van der Waals surface area contributed by atoms with Crippen LogP contribution in [-0.4, -0.2) is 15.9 Å². The molecule has 5 nitrogen and oxygen atoms in total. The van der Waals surface area contributed by atoms with Gasteiger partial charge in [0.1, 0.15) is 0 Å². The monoisotopic (exact) mass is 256 g/mol. The second kappa shape index (κ2) is 6.06. The van der Waals surface area contributed by atoms with E-state index >= 15 is 0 Å². The molecule has 0 aliphatic carbocycles. The van der Waals surface area contributed by atoms with Gasteiger partial charge in [-0.15, -0.1) is 0 Å². The summed E-state index contributed by atoms with van der Waals surface area (Å²) in [5.41, 5.74) is 8.66. The Bertz CT molecular complexity index is 566. The van der Waals surface area contributed by atoms with Crippen LogP contribution in [0, 0.1) is 6.92 Å². The lowest BCUT2D eigenvalue weighted by Gasteiger charge is -2.06. The van der Waals surface area contributed by atoms with Gasteiger partial charge in [-0.25, -0.2) is 0 Å². The predicted molar refractivity (Wildman–Crippen MR) is 72.3 cm³/mol. The molecule has 1 amide bonds. The second-order valence-electron chi connectivity index (χ2n) is 4.24. The number of carbonyl (C=O) groups is 1. The number of aryl methyl sites for hydroxylation is 1. The van der Waals surface area contributed by atoms with E-state index in [4.69, 9.17) is 5.73 Å².